The minimum Gasteiger partial charge on any atom is -0.294 e. The molecule has 2 aliphatic rings. The van der Waals surface area contributed by atoms with Crippen molar-refractivity contribution < 1.29 is 4.79 Å². The molecule has 96 valence electrons. The fraction of sp³-hybridized carbons (Fsp3) is 0.278. The average molecular weight is 250 g/mol. The smallest absolute Gasteiger partial charge is 0.163 e. The Labute approximate surface area is 114 Å². The monoisotopic (exact) mass is 250 g/mol. The number of hydrogen-bond acceptors (Lipinski definition) is 1. The summed E-state index contributed by atoms with van der Waals surface area (Å²) in [6.45, 7) is 0. The zero-order valence-corrected chi connectivity index (χ0v) is 11.1. The van der Waals surface area contributed by atoms with Crippen molar-refractivity contribution in [2.45, 2.75) is 32.1 Å². The van der Waals surface area contributed by atoms with Gasteiger partial charge < -0.3 is 0 Å². The van der Waals surface area contributed by atoms with E-state index in [0.29, 0.717) is 12.2 Å². The first-order valence-corrected chi connectivity index (χ1v) is 7.02. The van der Waals surface area contributed by atoms with Crippen LogP contribution in [0, 0.1) is 0 Å². The Balaban J connectivity index is 0.000000117. The summed E-state index contributed by atoms with van der Waals surface area (Å²) in [6.07, 6.45) is 5.61. The molecule has 0 aliphatic heterocycles. The summed E-state index contributed by atoms with van der Waals surface area (Å²) in [5.41, 5.74) is 5.28. The molecular formula is C18H18O. The topological polar surface area (TPSA) is 17.1 Å². The van der Waals surface area contributed by atoms with Gasteiger partial charge in [-0.05, 0) is 42.4 Å². The number of hydrogen-bond donors (Lipinski definition) is 0. The normalized spacial score (nSPS) is 15.5. The van der Waals surface area contributed by atoms with Crippen molar-refractivity contribution in [1.29, 1.82) is 0 Å². The molecule has 0 unspecified atom stereocenters. The van der Waals surface area contributed by atoms with Crippen LogP contribution >= 0.6 is 0 Å². The van der Waals surface area contributed by atoms with Gasteiger partial charge in [-0.15, -0.1) is 0 Å². The molecule has 2 aliphatic carbocycles. The van der Waals surface area contributed by atoms with Crippen LogP contribution in [0.15, 0.2) is 48.5 Å². The van der Waals surface area contributed by atoms with E-state index in [1.807, 2.05) is 24.3 Å². The highest BCUT2D eigenvalue weighted by molar-refractivity contribution is 6.00. The van der Waals surface area contributed by atoms with Gasteiger partial charge in [0.1, 0.15) is 0 Å². The molecule has 2 aromatic rings. The predicted octanol–water partition coefficient (Wildman–Crippen LogP) is 3.99. The molecule has 2 aromatic carbocycles. The molecule has 19 heavy (non-hydrogen) atoms. The number of ketones is 1. The second-order valence-corrected chi connectivity index (χ2v) is 5.20. The summed E-state index contributed by atoms with van der Waals surface area (Å²) in [5.74, 6) is 0.301. The molecule has 0 saturated carbocycles. The molecular weight excluding hydrogens is 232 g/mol. The van der Waals surface area contributed by atoms with Crippen LogP contribution in [0.1, 0.15) is 39.9 Å². The minimum absolute atomic E-state index is 0.301. The molecule has 0 atom stereocenters. The van der Waals surface area contributed by atoms with Gasteiger partial charge in [0.15, 0.2) is 5.78 Å². The van der Waals surface area contributed by atoms with Gasteiger partial charge in [-0.25, -0.2) is 0 Å². The lowest BCUT2D eigenvalue weighted by Crippen LogP contribution is -1.88. The van der Waals surface area contributed by atoms with E-state index in [0.717, 1.165) is 12.0 Å². The van der Waals surface area contributed by atoms with Crippen LogP contribution in [0.2, 0.25) is 0 Å². The van der Waals surface area contributed by atoms with E-state index >= 15 is 0 Å². The maximum absolute atomic E-state index is 11.1. The Morgan fingerprint density at radius 3 is 1.84 bits per heavy atom. The van der Waals surface area contributed by atoms with Crippen molar-refractivity contribution in [1.82, 2.24) is 0 Å². The van der Waals surface area contributed by atoms with Crippen LogP contribution in [0.4, 0.5) is 0 Å². The number of benzene rings is 2. The van der Waals surface area contributed by atoms with Crippen molar-refractivity contribution in [2.75, 3.05) is 0 Å². The molecule has 0 saturated heterocycles. The van der Waals surface area contributed by atoms with Crippen molar-refractivity contribution >= 4 is 5.78 Å². The van der Waals surface area contributed by atoms with Crippen molar-refractivity contribution in [3.8, 4) is 0 Å². The van der Waals surface area contributed by atoms with E-state index in [1.54, 1.807) is 11.1 Å². The zero-order chi connectivity index (χ0) is 13.1. The van der Waals surface area contributed by atoms with E-state index < -0.39 is 0 Å². The van der Waals surface area contributed by atoms with Crippen LogP contribution in [-0.2, 0) is 19.3 Å². The molecule has 0 heterocycles. The predicted molar refractivity (Wildman–Crippen MR) is 77.6 cm³/mol. The Hall–Kier alpha value is -1.89. The number of Topliss-reactive ketones (excluding diaryl/α,β-unsaturated/α-hetero) is 1. The maximum Gasteiger partial charge on any atom is 0.163 e. The lowest BCUT2D eigenvalue weighted by atomic mass is 10.1. The third-order valence-electron chi connectivity index (χ3n) is 3.95. The summed E-state index contributed by atoms with van der Waals surface area (Å²) >= 11 is 0. The Bertz CT molecular complexity index is 575. The van der Waals surface area contributed by atoms with E-state index in [2.05, 4.69) is 24.3 Å². The lowest BCUT2D eigenvalue weighted by Gasteiger charge is -1.93. The molecule has 0 aromatic heterocycles. The average Bonchev–Trinajstić information content (AvgIpc) is 3.07. The second-order valence-electron chi connectivity index (χ2n) is 5.20. The Morgan fingerprint density at radius 1 is 0.632 bits per heavy atom. The van der Waals surface area contributed by atoms with Gasteiger partial charge >= 0.3 is 0 Å². The van der Waals surface area contributed by atoms with Gasteiger partial charge in [0.05, 0.1) is 0 Å². The third-order valence-corrected chi connectivity index (χ3v) is 3.95. The standard InChI is InChI=1S/C9H8O.C9H10/c10-9-6-5-7-3-1-2-4-8(7)9;1-2-5-9-7-3-6-8(9)4-1/h1-4H,5-6H2;1-2,4-5H,3,6-7H2. The highest BCUT2D eigenvalue weighted by Gasteiger charge is 2.17. The van der Waals surface area contributed by atoms with Gasteiger partial charge in [0.2, 0.25) is 0 Å². The van der Waals surface area contributed by atoms with Crippen molar-refractivity contribution in [2.24, 2.45) is 0 Å². The fourth-order valence-electron chi connectivity index (χ4n) is 2.91. The number of carbonyl (C=O) groups excluding carboxylic acids is 1. The zero-order valence-electron chi connectivity index (χ0n) is 11.1. The van der Waals surface area contributed by atoms with Crippen molar-refractivity contribution in [3.05, 3.63) is 70.8 Å². The molecule has 1 heteroatoms. The van der Waals surface area contributed by atoms with Crippen molar-refractivity contribution in [3.63, 3.8) is 0 Å². The number of fused-ring (bicyclic) bond motifs is 2. The minimum atomic E-state index is 0.301. The summed E-state index contributed by atoms with van der Waals surface area (Å²) in [6, 6.07) is 16.6. The molecule has 0 amide bonds. The molecule has 1 nitrogen and oxygen atoms in total. The Kier molecular flexibility index (Phi) is 3.45. The third kappa shape index (κ3) is 2.60. The first-order valence-electron chi connectivity index (χ1n) is 7.02. The molecule has 0 N–H and O–H groups in total. The van der Waals surface area contributed by atoms with Crippen LogP contribution in [0.25, 0.3) is 0 Å². The summed E-state index contributed by atoms with van der Waals surface area (Å²) in [5, 5.41) is 0. The van der Waals surface area contributed by atoms with Gasteiger partial charge in [0.25, 0.3) is 0 Å². The highest BCUT2D eigenvalue weighted by atomic mass is 16.1. The van der Waals surface area contributed by atoms with E-state index in [-0.39, 0.29) is 0 Å². The molecule has 0 bridgehead atoms. The molecule has 4 rings (SSSR count). The summed E-state index contributed by atoms with van der Waals surface area (Å²) in [7, 11) is 0. The van der Waals surface area contributed by atoms with Crippen LogP contribution in [0.5, 0.6) is 0 Å². The van der Waals surface area contributed by atoms with Gasteiger partial charge in [-0.1, -0.05) is 48.5 Å². The van der Waals surface area contributed by atoms with E-state index in [4.69, 9.17) is 0 Å². The van der Waals surface area contributed by atoms with Gasteiger partial charge in [-0.3, -0.25) is 4.79 Å². The highest BCUT2D eigenvalue weighted by Crippen LogP contribution is 2.21. The molecule has 0 fully saturated rings. The lowest BCUT2D eigenvalue weighted by molar-refractivity contribution is 0.0994. The van der Waals surface area contributed by atoms with Gasteiger partial charge in [-0.2, -0.15) is 0 Å². The second kappa shape index (κ2) is 5.40. The number of aryl methyl sites for hydroxylation is 3. The fourth-order valence-corrected chi connectivity index (χ4v) is 2.91. The first-order chi connectivity index (χ1) is 9.34. The molecule has 0 radical (unpaired) electrons. The Morgan fingerprint density at radius 2 is 1.21 bits per heavy atom. The largest absolute Gasteiger partial charge is 0.294 e. The van der Waals surface area contributed by atoms with Crippen LogP contribution in [0.3, 0.4) is 0 Å². The van der Waals surface area contributed by atoms with E-state index in [1.165, 1.54) is 24.8 Å². The molecule has 0 spiro atoms. The van der Waals surface area contributed by atoms with Gasteiger partial charge in [0, 0.05) is 12.0 Å². The van der Waals surface area contributed by atoms with Crippen LogP contribution < -0.4 is 0 Å². The quantitative estimate of drug-likeness (QED) is 0.691. The van der Waals surface area contributed by atoms with E-state index in [9.17, 15) is 4.79 Å². The first kappa shape index (κ1) is 12.2. The van der Waals surface area contributed by atoms with Crippen LogP contribution in [-0.4, -0.2) is 5.78 Å². The summed E-state index contributed by atoms with van der Waals surface area (Å²) in [4.78, 5) is 11.1. The maximum atomic E-state index is 11.1. The summed E-state index contributed by atoms with van der Waals surface area (Å²) < 4.78 is 0. The number of rotatable bonds is 0. The SMILES string of the molecule is O=C1CCc2ccccc21.c1ccc2c(c1)CCC2. The number of carbonyl (C=O) groups is 1.